The molecule has 0 heterocycles. The SMILES string of the molecule is C\C=C/C=C(\C=C/C)CC(/C=C\C)=C/C. The highest BCUT2D eigenvalue weighted by atomic mass is 14.0. The van der Waals surface area contributed by atoms with Gasteiger partial charge in [0.1, 0.15) is 0 Å². The van der Waals surface area contributed by atoms with E-state index in [2.05, 4.69) is 69.4 Å². The van der Waals surface area contributed by atoms with Crippen LogP contribution in [-0.2, 0) is 0 Å². The number of hydrogen-bond donors (Lipinski definition) is 0. The van der Waals surface area contributed by atoms with Crippen molar-refractivity contribution in [2.75, 3.05) is 0 Å². The average Bonchev–Trinajstić information content (AvgIpc) is 2.25. The van der Waals surface area contributed by atoms with Crippen LogP contribution in [-0.4, -0.2) is 0 Å². The first-order valence-electron chi connectivity index (χ1n) is 5.50. The van der Waals surface area contributed by atoms with Crippen LogP contribution < -0.4 is 0 Å². The minimum Gasteiger partial charge on any atom is -0.0877 e. The van der Waals surface area contributed by atoms with E-state index in [0.717, 1.165) is 6.42 Å². The van der Waals surface area contributed by atoms with Crippen molar-refractivity contribution >= 4 is 0 Å². The first-order valence-corrected chi connectivity index (χ1v) is 5.50. The maximum absolute atomic E-state index is 2.16. The molecule has 0 atom stereocenters. The van der Waals surface area contributed by atoms with Gasteiger partial charge in [0.15, 0.2) is 0 Å². The zero-order valence-corrected chi connectivity index (χ0v) is 10.3. The molecular formula is C15H22. The highest BCUT2D eigenvalue weighted by Crippen LogP contribution is 2.14. The zero-order valence-electron chi connectivity index (χ0n) is 10.3. The van der Waals surface area contributed by atoms with Gasteiger partial charge in [-0.3, -0.25) is 0 Å². The van der Waals surface area contributed by atoms with E-state index in [9.17, 15) is 0 Å². The lowest BCUT2D eigenvalue weighted by Gasteiger charge is -2.02. The van der Waals surface area contributed by atoms with Crippen molar-refractivity contribution in [1.29, 1.82) is 0 Å². The van der Waals surface area contributed by atoms with Crippen molar-refractivity contribution in [1.82, 2.24) is 0 Å². The Morgan fingerprint density at radius 2 is 1.40 bits per heavy atom. The summed E-state index contributed by atoms with van der Waals surface area (Å²) in [5.41, 5.74) is 2.69. The first kappa shape index (κ1) is 13.7. The molecule has 0 unspecified atom stereocenters. The van der Waals surface area contributed by atoms with Gasteiger partial charge in [-0.25, -0.2) is 0 Å². The Labute approximate surface area is 94.4 Å². The Balaban J connectivity index is 4.67. The molecule has 0 bridgehead atoms. The highest BCUT2D eigenvalue weighted by Gasteiger charge is 1.94. The maximum Gasteiger partial charge on any atom is -0.00293 e. The Morgan fingerprint density at radius 3 is 1.87 bits per heavy atom. The molecule has 0 fully saturated rings. The second-order valence-electron chi connectivity index (χ2n) is 3.31. The van der Waals surface area contributed by atoms with E-state index in [4.69, 9.17) is 0 Å². The third kappa shape index (κ3) is 6.73. The zero-order chi connectivity index (χ0) is 11.5. The maximum atomic E-state index is 2.16. The molecule has 0 N–H and O–H groups in total. The van der Waals surface area contributed by atoms with E-state index in [1.165, 1.54) is 11.1 Å². The van der Waals surface area contributed by atoms with Crippen molar-refractivity contribution < 1.29 is 0 Å². The van der Waals surface area contributed by atoms with Crippen LogP contribution in [0.1, 0.15) is 34.1 Å². The van der Waals surface area contributed by atoms with Gasteiger partial charge in [-0.1, -0.05) is 48.6 Å². The van der Waals surface area contributed by atoms with Gasteiger partial charge < -0.3 is 0 Å². The summed E-state index contributed by atoms with van der Waals surface area (Å²) in [6.45, 7) is 8.22. The molecule has 0 radical (unpaired) electrons. The Bertz CT molecular complexity index is 296. The molecule has 0 nitrogen and oxygen atoms in total. The second kappa shape index (κ2) is 9.26. The summed E-state index contributed by atoms with van der Waals surface area (Å²) in [6.07, 6.45) is 17.9. The lowest BCUT2D eigenvalue weighted by molar-refractivity contribution is 1.19. The monoisotopic (exact) mass is 202 g/mol. The lowest BCUT2D eigenvalue weighted by Crippen LogP contribution is -1.82. The molecule has 0 spiro atoms. The molecule has 0 rings (SSSR count). The fourth-order valence-corrected chi connectivity index (χ4v) is 1.31. The molecule has 0 aromatic carbocycles. The van der Waals surface area contributed by atoms with Gasteiger partial charge in [0.05, 0.1) is 0 Å². The fourth-order valence-electron chi connectivity index (χ4n) is 1.31. The average molecular weight is 202 g/mol. The smallest absolute Gasteiger partial charge is 0.00293 e. The predicted molar refractivity (Wildman–Crippen MR) is 70.9 cm³/mol. The second-order valence-corrected chi connectivity index (χ2v) is 3.31. The van der Waals surface area contributed by atoms with E-state index in [-0.39, 0.29) is 0 Å². The lowest BCUT2D eigenvalue weighted by atomic mass is 10.0. The molecule has 0 amide bonds. The van der Waals surface area contributed by atoms with Gasteiger partial charge >= 0.3 is 0 Å². The molecule has 0 aromatic heterocycles. The predicted octanol–water partition coefficient (Wildman–Crippen LogP) is 4.98. The molecule has 0 aliphatic heterocycles. The van der Waals surface area contributed by atoms with Crippen molar-refractivity contribution in [3.63, 3.8) is 0 Å². The third-order valence-corrected chi connectivity index (χ3v) is 2.04. The van der Waals surface area contributed by atoms with Crippen LogP contribution in [0, 0.1) is 0 Å². The molecule has 0 saturated heterocycles. The molecule has 82 valence electrons. The van der Waals surface area contributed by atoms with Gasteiger partial charge in [0.25, 0.3) is 0 Å². The third-order valence-electron chi connectivity index (χ3n) is 2.04. The summed E-state index contributed by atoms with van der Waals surface area (Å²) in [5, 5.41) is 0. The van der Waals surface area contributed by atoms with Crippen LogP contribution >= 0.6 is 0 Å². The van der Waals surface area contributed by atoms with Gasteiger partial charge in [0.2, 0.25) is 0 Å². The first-order chi connectivity index (χ1) is 7.28. The molecule has 0 heteroatoms. The highest BCUT2D eigenvalue weighted by molar-refractivity contribution is 5.32. The van der Waals surface area contributed by atoms with Crippen LogP contribution in [0.3, 0.4) is 0 Å². The van der Waals surface area contributed by atoms with Crippen molar-refractivity contribution in [3.8, 4) is 0 Å². The van der Waals surface area contributed by atoms with Crippen molar-refractivity contribution in [2.45, 2.75) is 34.1 Å². The largest absolute Gasteiger partial charge is 0.0877 e. The Morgan fingerprint density at radius 1 is 0.800 bits per heavy atom. The van der Waals surface area contributed by atoms with Crippen LogP contribution in [0.2, 0.25) is 0 Å². The van der Waals surface area contributed by atoms with Crippen molar-refractivity contribution in [3.05, 3.63) is 59.8 Å². The number of rotatable bonds is 5. The summed E-state index contributed by atoms with van der Waals surface area (Å²) < 4.78 is 0. The standard InChI is InChI=1S/C15H22/c1-5-9-12-15(11-7-3)13-14(8-4)10-6-2/h5-12H,13H2,1-4H3/b9-5-,10-6-,11-7-,14-8+,15-12+. The van der Waals surface area contributed by atoms with Crippen LogP contribution in [0.25, 0.3) is 0 Å². The number of allylic oxidation sites excluding steroid dienone is 10. The van der Waals surface area contributed by atoms with E-state index >= 15 is 0 Å². The van der Waals surface area contributed by atoms with Crippen LogP contribution in [0.15, 0.2) is 59.8 Å². The summed E-state index contributed by atoms with van der Waals surface area (Å²) in [5.74, 6) is 0. The van der Waals surface area contributed by atoms with E-state index in [1.807, 2.05) is 6.92 Å². The number of hydrogen-bond acceptors (Lipinski definition) is 0. The van der Waals surface area contributed by atoms with E-state index in [1.54, 1.807) is 0 Å². The summed E-state index contributed by atoms with van der Waals surface area (Å²) in [6, 6.07) is 0. The minimum atomic E-state index is 0.996. The summed E-state index contributed by atoms with van der Waals surface area (Å²) in [7, 11) is 0. The molecule has 0 aliphatic carbocycles. The topological polar surface area (TPSA) is 0 Å². The Hall–Kier alpha value is -1.30. The summed E-state index contributed by atoms with van der Waals surface area (Å²) >= 11 is 0. The van der Waals surface area contributed by atoms with Crippen molar-refractivity contribution in [2.24, 2.45) is 0 Å². The quantitative estimate of drug-likeness (QED) is 0.552. The molecule has 0 aromatic rings. The van der Waals surface area contributed by atoms with E-state index in [0.29, 0.717) is 0 Å². The van der Waals surface area contributed by atoms with Crippen LogP contribution in [0.4, 0.5) is 0 Å². The van der Waals surface area contributed by atoms with Crippen LogP contribution in [0.5, 0.6) is 0 Å². The van der Waals surface area contributed by atoms with Gasteiger partial charge in [-0.15, -0.1) is 0 Å². The Kier molecular flexibility index (Phi) is 8.46. The minimum absolute atomic E-state index is 0.996. The van der Waals surface area contributed by atoms with Gasteiger partial charge in [0, 0.05) is 0 Å². The molecule has 0 saturated carbocycles. The van der Waals surface area contributed by atoms with Gasteiger partial charge in [-0.2, -0.15) is 0 Å². The molecular weight excluding hydrogens is 180 g/mol. The van der Waals surface area contributed by atoms with E-state index < -0.39 is 0 Å². The molecule has 0 aliphatic rings. The normalized spacial score (nSPS) is 14.9. The fraction of sp³-hybridized carbons (Fsp3) is 0.333. The molecule has 15 heavy (non-hydrogen) atoms. The summed E-state index contributed by atoms with van der Waals surface area (Å²) in [4.78, 5) is 0. The van der Waals surface area contributed by atoms with Gasteiger partial charge in [-0.05, 0) is 45.3 Å².